The summed E-state index contributed by atoms with van der Waals surface area (Å²) in [4.78, 5) is 40.3. The topological polar surface area (TPSA) is 183 Å². The maximum absolute atomic E-state index is 14.1. The number of aromatic amines is 1. The second kappa shape index (κ2) is 16.5. The van der Waals surface area contributed by atoms with E-state index in [0.717, 1.165) is 51.4 Å². The fraction of sp³-hybridized carbons (Fsp3) is 0.395. The number of aromatic hydroxyl groups is 1. The summed E-state index contributed by atoms with van der Waals surface area (Å²) in [5.74, 6) is -1.26. The Morgan fingerprint density at radius 3 is 2.58 bits per heavy atom. The van der Waals surface area contributed by atoms with Crippen LogP contribution in [0.2, 0.25) is 0 Å². The monoisotopic (exact) mass is 822 g/mol. The molecule has 4 N–H and O–H groups in total. The number of rotatable bonds is 13. The van der Waals surface area contributed by atoms with Crippen molar-refractivity contribution < 1.29 is 33.5 Å². The number of hydrogen-bond acceptors (Lipinski definition) is 12. The molecule has 59 heavy (non-hydrogen) atoms. The number of carbonyl (C=O) groups is 2. The Morgan fingerprint density at radius 1 is 1.07 bits per heavy atom. The fourth-order valence-corrected chi connectivity index (χ4v) is 9.02. The van der Waals surface area contributed by atoms with Crippen LogP contribution in [0.1, 0.15) is 73.3 Å². The Bertz CT molecular complexity index is 2480. The predicted molar refractivity (Wildman–Crippen MR) is 219 cm³/mol. The number of likely N-dealkylation sites (tertiary alicyclic amines) is 2. The van der Waals surface area contributed by atoms with Crippen LogP contribution < -0.4 is 10.1 Å². The molecule has 0 saturated carbocycles. The number of ether oxygens (including phenoxy) is 1. The van der Waals surface area contributed by atoms with E-state index in [4.69, 9.17) is 9.26 Å². The first kappa shape index (κ1) is 40.1. The van der Waals surface area contributed by atoms with Gasteiger partial charge in [-0.05, 0) is 72.8 Å². The van der Waals surface area contributed by atoms with Crippen LogP contribution in [0, 0.1) is 25.6 Å². The molecule has 0 bridgehead atoms. The molecule has 2 aliphatic rings. The van der Waals surface area contributed by atoms with Gasteiger partial charge in [0.1, 0.15) is 30.1 Å². The molecule has 8 rings (SSSR count). The molecule has 2 fully saturated rings. The molecule has 0 radical (unpaired) electrons. The zero-order valence-electron chi connectivity index (χ0n) is 33.5. The van der Waals surface area contributed by atoms with Gasteiger partial charge in [-0.3, -0.25) is 14.5 Å². The van der Waals surface area contributed by atoms with Crippen LogP contribution in [-0.4, -0.2) is 102 Å². The Kier molecular flexibility index (Phi) is 11.2. The highest BCUT2D eigenvalue weighted by Gasteiger charge is 2.43. The minimum absolute atomic E-state index is 0.0394. The van der Waals surface area contributed by atoms with Gasteiger partial charge in [-0.2, -0.15) is 0 Å². The lowest BCUT2D eigenvalue weighted by molar-refractivity contribution is -0.141. The maximum atomic E-state index is 14.1. The van der Waals surface area contributed by atoms with Crippen molar-refractivity contribution in [2.45, 2.75) is 71.1 Å². The van der Waals surface area contributed by atoms with E-state index in [0.29, 0.717) is 30.3 Å². The zero-order valence-corrected chi connectivity index (χ0v) is 34.3. The third-order valence-corrected chi connectivity index (χ3v) is 12.5. The first-order valence-corrected chi connectivity index (χ1v) is 20.7. The largest absolute Gasteiger partial charge is 0.507 e. The molecule has 4 aromatic heterocycles. The van der Waals surface area contributed by atoms with Gasteiger partial charge in [0.25, 0.3) is 5.88 Å². The Labute approximate surface area is 344 Å². The summed E-state index contributed by atoms with van der Waals surface area (Å²) in [6.45, 7) is 12.3. The summed E-state index contributed by atoms with van der Waals surface area (Å²) in [7, 11) is 0. The molecule has 2 aromatic carbocycles. The van der Waals surface area contributed by atoms with E-state index in [2.05, 4.69) is 35.5 Å². The summed E-state index contributed by atoms with van der Waals surface area (Å²) in [5, 5.41) is 37.5. The lowest BCUT2D eigenvalue weighted by atomic mass is 9.91. The van der Waals surface area contributed by atoms with E-state index in [1.807, 2.05) is 70.5 Å². The highest BCUT2D eigenvalue weighted by Crippen LogP contribution is 2.36. The number of amides is 2. The van der Waals surface area contributed by atoms with Crippen LogP contribution in [0.3, 0.4) is 0 Å². The summed E-state index contributed by atoms with van der Waals surface area (Å²) in [6.07, 6.45) is -0.698. The van der Waals surface area contributed by atoms with Gasteiger partial charge in [-0.25, -0.2) is 9.37 Å². The number of β-amino-alcohol motifs (C(OH)–C–C–N with tert-alkyl or cyclic N) is 1. The van der Waals surface area contributed by atoms with Crippen molar-refractivity contribution in [2.75, 3.05) is 32.8 Å². The summed E-state index contributed by atoms with van der Waals surface area (Å²) >= 11 is 1.58. The molecule has 0 unspecified atom stereocenters. The number of carbonyl (C=O) groups excluding carboxylic acids is 2. The average Bonchev–Trinajstić information content (AvgIpc) is 4.00. The van der Waals surface area contributed by atoms with E-state index in [1.54, 1.807) is 17.4 Å². The standard InChI is InChI=1S/C43H47FN8O6S/c1-22(2)38(43(56)52-20-30(53)15-34(52)42(55)46-24(4)26-6-8-27(9-7-26)40-25(5)45-21-59-40)36-17-37(50-58-36)57-13-12-51-18-28(19-51)39-23(3)31-16-33(48-49-41(31)47-39)32-14-29(44)10-11-35(32)54/h6-11,14,16-17,21-22,24,28,30,34,38,53-54H,12-13,15,18-20H2,1-5H3,(H,46,55)(H,47,49)/t24-,30+,34-,38+/m0/s1. The van der Waals surface area contributed by atoms with Crippen LogP contribution in [0.4, 0.5) is 4.39 Å². The maximum Gasteiger partial charge on any atom is 0.254 e. The molecule has 16 heteroatoms. The van der Waals surface area contributed by atoms with Gasteiger partial charge in [0.05, 0.1) is 33.9 Å². The molecule has 0 spiro atoms. The molecule has 4 atom stereocenters. The third-order valence-electron chi connectivity index (χ3n) is 11.5. The molecule has 2 saturated heterocycles. The normalized spacial score (nSPS) is 18.3. The van der Waals surface area contributed by atoms with Crippen molar-refractivity contribution in [3.05, 3.63) is 94.2 Å². The Balaban J connectivity index is 0.848. The minimum atomic E-state index is -0.840. The number of hydrogen-bond donors (Lipinski definition) is 4. The van der Waals surface area contributed by atoms with Crippen molar-refractivity contribution in [1.29, 1.82) is 0 Å². The number of halogens is 1. The molecular weight excluding hydrogens is 776 g/mol. The smallest absolute Gasteiger partial charge is 0.254 e. The number of fused-ring (bicyclic) bond motifs is 1. The van der Waals surface area contributed by atoms with E-state index in [9.17, 15) is 24.2 Å². The minimum Gasteiger partial charge on any atom is -0.507 e. The van der Waals surface area contributed by atoms with Crippen LogP contribution in [-0.2, 0) is 9.59 Å². The van der Waals surface area contributed by atoms with Crippen molar-refractivity contribution >= 4 is 34.2 Å². The molecule has 2 amide bonds. The highest BCUT2D eigenvalue weighted by atomic mass is 32.1. The number of nitrogens with zero attached hydrogens (tertiary/aromatic N) is 6. The number of phenolic OH excluding ortho intramolecular Hbond substituents is 1. The summed E-state index contributed by atoms with van der Waals surface area (Å²) in [6, 6.07) is 14.0. The fourth-order valence-electron chi connectivity index (χ4n) is 8.21. The SMILES string of the molecule is Cc1ncsc1-c1ccc([C@H](C)NC(=O)[C@@H]2C[C@@H](O)CN2C(=O)[C@@H](c2cc(OCCN3CC(c4[nH]c5nnc(-c6cc(F)ccc6O)cc5c4C)C3)no2)C(C)C)cc1. The van der Waals surface area contributed by atoms with Crippen molar-refractivity contribution in [3.8, 4) is 33.3 Å². The van der Waals surface area contributed by atoms with Gasteiger partial charge in [-0.1, -0.05) is 38.1 Å². The zero-order chi connectivity index (χ0) is 41.5. The molecule has 0 aliphatic carbocycles. The van der Waals surface area contributed by atoms with Crippen LogP contribution in [0.15, 0.2) is 64.6 Å². The number of benzene rings is 2. The lowest BCUT2D eigenvalue weighted by Crippen LogP contribution is -2.48. The van der Waals surface area contributed by atoms with Crippen LogP contribution in [0.25, 0.3) is 32.7 Å². The molecule has 14 nitrogen and oxygen atoms in total. The summed E-state index contributed by atoms with van der Waals surface area (Å²) < 4.78 is 25.5. The van der Waals surface area contributed by atoms with Crippen molar-refractivity contribution in [2.24, 2.45) is 5.92 Å². The number of nitrogens with one attached hydrogen (secondary N) is 2. The first-order chi connectivity index (χ1) is 28.3. The lowest BCUT2D eigenvalue weighted by Gasteiger charge is -2.39. The number of H-pyrrole nitrogens is 1. The summed E-state index contributed by atoms with van der Waals surface area (Å²) in [5.41, 5.74) is 8.18. The van der Waals surface area contributed by atoms with Gasteiger partial charge in [0, 0.05) is 61.2 Å². The number of aryl methyl sites for hydroxylation is 2. The molecule has 2 aliphatic heterocycles. The molecule has 6 heterocycles. The van der Waals surface area contributed by atoms with E-state index in [-0.39, 0.29) is 59.9 Å². The highest BCUT2D eigenvalue weighted by molar-refractivity contribution is 7.13. The first-order valence-electron chi connectivity index (χ1n) is 19.8. The van der Waals surface area contributed by atoms with Crippen LogP contribution >= 0.6 is 11.3 Å². The molecular formula is C43H47FN8O6S. The van der Waals surface area contributed by atoms with E-state index in [1.165, 1.54) is 23.1 Å². The second-order valence-corrected chi connectivity index (χ2v) is 16.8. The van der Waals surface area contributed by atoms with Gasteiger partial charge in [-0.15, -0.1) is 21.5 Å². The number of aliphatic hydroxyl groups is 1. The predicted octanol–water partition coefficient (Wildman–Crippen LogP) is 6.25. The van der Waals surface area contributed by atoms with Gasteiger partial charge >= 0.3 is 0 Å². The molecule has 308 valence electrons. The molecule has 6 aromatic rings. The van der Waals surface area contributed by atoms with Crippen molar-refractivity contribution in [3.63, 3.8) is 0 Å². The van der Waals surface area contributed by atoms with Gasteiger partial charge in [0.2, 0.25) is 11.8 Å². The number of aliphatic hydroxyl groups excluding tert-OH is 1. The third kappa shape index (κ3) is 8.16. The number of thiazole rings is 1. The van der Waals surface area contributed by atoms with Crippen molar-refractivity contribution in [1.82, 2.24) is 40.4 Å². The number of aromatic nitrogens is 5. The Morgan fingerprint density at radius 2 is 1.85 bits per heavy atom. The quantitative estimate of drug-likeness (QED) is 0.103. The van der Waals surface area contributed by atoms with Gasteiger partial charge in [0.15, 0.2) is 11.4 Å². The average molecular weight is 823 g/mol. The second-order valence-electron chi connectivity index (χ2n) is 15.9. The van der Waals surface area contributed by atoms with Crippen LogP contribution in [0.5, 0.6) is 11.6 Å². The van der Waals surface area contributed by atoms with E-state index >= 15 is 0 Å². The van der Waals surface area contributed by atoms with Gasteiger partial charge < -0.3 is 34.7 Å². The van der Waals surface area contributed by atoms with E-state index < -0.39 is 23.9 Å². The Hall–Kier alpha value is -5.71. The number of phenols is 1.